The lowest BCUT2D eigenvalue weighted by atomic mass is 9.68. The molecule has 2 heteroatoms. The van der Waals surface area contributed by atoms with Crippen molar-refractivity contribution in [3.8, 4) is 0 Å². The number of nitrogens with one attached hydrogen (secondary N) is 1. The summed E-state index contributed by atoms with van der Waals surface area (Å²) >= 11 is 0. The van der Waals surface area contributed by atoms with Crippen LogP contribution in [0.25, 0.3) is 0 Å². The van der Waals surface area contributed by atoms with Gasteiger partial charge in [0.05, 0.1) is 0 Å². The molecule has 5 fully saturated rings. The van der Waals surface area contributed by atoms with Gasteiger partial charge in [0, 0.05) is 18.1 Å². The van der Waals surface area contributed by atoms with Crippen LogP contribution < -0.4 is 11.1 Å². The summed E-state index contributed by atoms with van der Waals surface area (Å²) in [6.07, 6.45) is 8.85. The van der Waals surface area contributed by atoms with Crippen LogP contribution in [0.4, 0.5) is 0 Å². The molecule has 6 unspecified atom stereocenters. The Labute approximate surface area is 117 Å². The van der Waals surface area contributed by atoms with Crippen LogP contribution in [0.1, 0.15) is 52.4 Å². The Morgan fingerprint density at radius 3 is 2.21 bits per heavy atom. The average molecular weight is 262 g/mol. The maximum atomic E-state index is 6.20. The molecule has 0 radical (unpaired) electrons. The first-order valence-electron chi connectivity index (χ1n) is 8.66. The van der Waals surface area contributed by atoms with E-state index in [4.69, 9.17) is 5.73 Å². The van der Waals surface area contributed by atoms with Crippen molar-refractivity contribution in [1.29, 1.82) is 0 Å². The molecule has 5 rings (SSSR count). The van der Waals surface area contributed by atoms with E-state index in [-0.39, 0.29) is 0 Å². The molecule has 8 atom stereocenters. The summed E-state index contributed by atoms with van der Waals surface area (Å²) in [5, 5.41) is 4.07. The molecule has 4 bridgehead atoms. The van der Waals surface area contributed by atoms with Crippen LogP contribution in [0.3, 0.4) is 0 Å². The third-order valence-electron chi connectivity index (χ3n) is 7.28. The normalized spacial score (nSPS) is 54.2. The lowest BCUT2D eigenvalue weighted by Gasteiger charge is -2.42. The predicted molar refractivity (Wildman–Crippen MR) is 78.7 cm³/mol. The fourth-order valence-electron chi connectivity index (χ4n) is 6.42. The summed E-state index contributed by atoms with van der Waals surface area (Å²) < 4.78 is 0. The van der Waals surface area contributed by atoms with Crippen molar-refractivity contribution in [3.63, 3.8) is 0 Å². The van der Waals surface area contributed by atoms with E-state index in [0.717, 1.165) is 47.6 Å². The Morgan fingerprint density at radius 1 is 0.947 bits per heavy atom. The highest BCUT2D eigenvalue weighted by Gasteiger charge is 2.52. The molecule has 3 N–H and O–H groups in total. The van der Waals surface area contributed by atoms with Crippen LogP contribution in [0.15, 0.2) is 0 Å². The second-order valence-corrected chi connectivity index (χ2v) is 8.15. The summed E-state index contributed by atoms with van der Waals surface area (Å²) in [5.41, 5.74) is 6.20. The Kier molecular flexibility index (Phi) is 2.97. The summed E-state index contributed by atoms with van der Waals surface area (Å²) in [5.74, 6) is 5.74. The van der Waals surface area contributed by atoms with Gasteiger partial charge in [0.1, 0.15) is 0 Å². The lowest BCUT2D eigenvalue weighted by molar-refractivity contribution is 0.103. The molecule has 0 heterocycles. The number of hydrogen-bond acceptors (Lipinski definition) is 2. The minimum Gasteiger partial charge on any atom is -0.328 e. The third kappa shape index (κ3) is 1.82. The van der Waals surface area contributed by atoms with E-state index in [2.05, 4.69) is 19.2 Å². The van der Waals surface area contributed by atoms with Crippen LogP contribution in [-0.4, -0.2) is 18.1 Å². The van der Waals surface area contributed by atoms with Crippen molar-refractivity contribution in [2.45, 2.75) is 70.5 Å². The fourth-order valence-corrected chi connectivity index (χ4v) is 6.42. The topological polar surface area (TPSA) is 38.0 Å². The largest absolute Gasteiger partial charge is 0.328 e. The van der Waals surface area contributed by atoms with Crippen molar-refractivity contribution >= 4 is 0 Å². The minimum absolute atomic E-state index is 0.398. The maximum Gasteiger partial charge on any atom is 0.0129 e. The van der Waals surface area contributed by atoms with Crippen molar-refractivity contribution in [3.05, 3.63) is 0 Å². The summed E-state index contributed by atoms with van der Waals surface area (Å²) in [6, 6.07) is 1.95. The van der Waals surface area contributed by atoms with E-state index in [1.165, 1.54) is 38.5 Å². The van der Waals surface area contributed by atoms with Crippen LogP contribution >= 0.6 is 0 Å². The molecule has 5 aliphatic rings. The van der Waals surface area contributed by atoms with Gasteiger partial charge < -0.3 is 11.1 Å². The van der Waals surface area contributed by atoms with E-state index in [9.17, 15) is 0 Å². The van der Waals surface area contributed by atoms with Gasteiger partial charge in [-0.05, 0) is 87.9 Å². The third-order valence-corrected chi connectivity index (χ3v) is 7.28. The van der Waals surface area contributed by atoms with Gasteiger partial charge in [-0.25, -0.2) is 0 Å². The van der Waals surface area contributed by atoms with Crippen molar-refractivity contribution < 1.29 is 0 Å². The molecule has 0 saturated heterocycles. The Bertz CT molecular complexity index is 339. The predicted octanol–water partition coefficient (Wildman–Crippen LogP) is 2.77. The molecule has 5 aliphatic carbocycles. The maximum absolute atomic E-state index is 6.20. The van der Waals surface area contributed by atoms with Crippen LogP contribution in [0.2, 0.25) is 0 Å². The molecular formula is C17H30N2. The zero-order valence-electron chi connectivity index (χ0n) is 12.5. The van der Waals surface area contributed by atoms with Crippen LogP contribution in [-0.2, 0) is 0 Å². The Balaban J connectivity index is 1.41. The van der Waals surface area contributed by atoms with E-state index in [0.29, 0.717) is 6.04 Å². The monoisotopic (exact) mass is 262 g/mol. The molecule has 0 aromatic heterocycles. The fraction of sp³-hybridized carbons (Fsp3) is 1.00. The number of hydrogen-bond donors (Lipinski definition) is 2. The van der Waals surface area contributed by atoms with Gasteiger partial charge in [-0.3, -0.25) is 0 Å². The lowest BCUT2D eigenvalue weighted by Crippen LogP contribution is -2.50. The quantitative estimate of drug-likeness (QED) is 0.817. The van der Waals surface area contributed by atoms with Gasteiger partial charge in [0.15, 0.2) is 0 Å². The minimum atomic E-state index is 0.398. The smallest absolute Gasteiger partial charge is 0.0129 e. The van der Waals surface area contributed by atoms with Gasteiger partial charge in [-0.2, -0.15) is 0 Å². The van der Waals surface area contributed by atoms with Crippen LogP contribution in [0, 0.1) is 35.5 Å². The summed E-state index contributed by atoms with van der Waals surface area (Å²) in [4.78, 5) is 0. The van der Waals surface area contributed by atoms with E-state index < -0.39 is 0 Å². The second kappa shape index (κ2) is 4.46. The first kappa shape index (κ1) is 12.6. The van der Waals surface area contributed by atoms with Crippen molar-refractivity contribution in [1.82, 2.24) is 5.32 Å². The second-order valence-electron chi connectivity index (χ2n) is 8.15. The van der Waals surface area contributed by atoms with Gasteiger partial charge in [0.25, 0.3) is 0 Å². The van der Waals surface area contributed by atoms with Gasteiger partial charge in [0.2, 0.25) is 0 Å². The Hall–Kier alpha value is -0.0800. The first-order chi connectivity index (χ1) is 9.15. The summed E-state index contributed by atoms with van der Waals surface area (Å²) in [6.45, 7) is 4.69. The zero-order valence-corrected chi connectivity index (χ0v) is 12.5. The number of rotatable bonds is 4. The highest BCUT2D eigenvalue weighted by molar-refractivity contribution is 5.06. The van der Waals surface area contributed by atoms with Crippen LogP contribution in [0.5, 0.6) is 0 Å². The summed E-state index contributed by atoms with van der Waals surface area (Å²) in [7, 11) is 0. The molecule has 5 saturated carbocycles. The molecule has 0 aromatic rings. The number of nitrogens with two attached hydrogens (primary N) is 1. The van der Waals surface area contributed by atoms with Gasteiger partial charge >= 0.3 is 0 Å². The first-order valence-corrected chi connectivity index (χ1v) is 8.66. The van der Waals surface area contributed by atoms with E-state index in [1.807, 2.05) is 0 Å². The molecule has 2 nitrogen and oxygen atoms in total. The van der Waals surface area contributed by atoms with E-state index in [1.54, 1.807) is 0 Å². The highest BCUT2D eigenvalue weighted by atomic mass is 15.0. The zero-order chi connectivity index (χ0) is 13.1. The number of fused-ring (bicyclic) bond motifs is 3. The standard InChI is InChI=1S/C17H30N2/c1-9(18)15-8-13-5-6-14(15)17(13)19-10(2)16-11-3-4-12(16)7-11/h9-17,19H,3-8,18H2,1-2H3/t9?,10-,11?,12?,13?,14?,15?,16?,17-/m0/s1. The average Bonchev–Trinajstić information content (AvgIpc) is 3.07. The molecule has 0 spiro atoms. The van der Waals surface area contributed by atoms with Crippen molar-refractivity contribution in [2.24, 2.45) is 41.2 Å². The molecule has 19 heavy (non-hydrogen) atoms. The molecular weight excluding hydrogens is 232 g/mol. The van der Waals surface area contributed by atoms with Crippen molar-refractivity contribution in [2.75, 3.05) is 0 Å². The highest BCUT2D eigenvalue weighted by Crippen LogP contribution is 2.56. The van der Waals surface area contributed by atoms with E-state index >= 15 is 0 Å². The molecule has 0 aromatic carbocycles. The molecule has 0 aliphatic heterocycles. The van der Waals surface area contributed by atoms with Gasteiger partial charge in [-0.15, -0.1) is 0 Å². The molecule has 108 valence electrons. The van der Waals surface area contributed by atoms with Gasteiger partial charge in [-0.1, -0.05) is 0 Å². The Morgan fingerprint density at radius 2 is 1.63 bits per heavy atom. The SMILES string of the molecule is CC(N)C1CC2CCC1[C@H]2N[C@@H](C)C1C2CCC1C2. The molecule has 0 amide bonds.